The topological polar surface area (TPSA) is 34.8 Å². The van der Waals surface area contributed by atoms with E-state index in [-0.39, 0.29) is 0 Å². The van der Waals surface area contributed by atoms with Gasteiger partial charge in [-0.1, -0.05) is 6.92 Å². The van der Waals surface area contributed by atoms with Crippen LogP contribution in [0.4, 0.5) is 0 Å². The van der Waals surface area contributed by atoms with Crippen molar-refractivity contribution in [1.29, 1.82) is 0 Å². The number of rotatable bonds is 6. The molecule has 18 heavy (non-hydrogen) atoms. The van der Waals surface area contributed by atoms with E-state index in [0.29, 0.717) is 6.04 Å². The van der Waals surface area contributed by atoms with Crippen molar-refractivity contribution in [2.75, 3.05) is 6.54 Å². The van der Waals surface area contributed by atoms with Crippen LogP contribution in [0.5, 0.6) is 0 Å². The van der Waals surface area contributed by atoms with Crippen molar-refractivity contribution >= 4 is 0 Å². The van der Waals surface area contributed by atoms with Crippen molar-refractivity contribution in [3.8, 4) is 0 Å². The van der Waals surface area contributed by atoms with Gasteiger partial charge < -0.3 is 14.5 Å². The summed E-state index contributed by atoms with van der Waals surface area (Å²) in [6.45, 7) is 9.32. The fourth-order valence-electron chi connectivity index (χ4n) is 2.29. The highest BCUT2D eigenvalue weighted by molar-refractivity contribution is 5.11. The van der Waals surface area contributed by atoms with Gasteiger partial charge in [-0.15, -0.1) is 0 Å². The minimum absolute atomic E-state index is 0.397. The lowest BCUT2D eigenvalue weighted by molar-refractivity contribution is 0.507. The molecule has 1 unspecified atom stereocenters. The summed E-state index contributed by atoms with van der Waals surface area (Å²) in [7, 11) is 0. The van der Waals surface area contributed by atoms with Gasteiger partial charge in [-0.2, -0.15) is 0 Å². The number of imidazole rings is 1. The molecule has 98 valence electrons. The molecule has 0 spiro atoms. The Kier molecular flexibility index (Phi) is 4.20. The van der Waals surface area contributed by atoms with E-state index in [1.807, 2.05) is 19.3 Å². The van der Waals surface area contributed by atoms with Crippen LogP contribution in [0.25, 0.3) is 0 Å². The van der Waals surface area contributed by atoms with Gasteiger partial charge in [0.25, 0.3) is 0 Å². The van der Waals surface area contributed by atoms with Crippen LogP contribution in [0, 0.1) is 6.92 Å². The second kappa shape index (κ2) is 5.87. The summed E-state index contributed by atoms with van der Waals surface area (Å²) in [6.07, 6.45) is 6.04. The highest BCUT2D eigenvalue weighted by Crippen LogP contribution is 2.13. The summed E-state index contributed by atoms with van der Waals surface area (Å²) >= 11 is 0. The van der Waals surface area contributed by atoms with Crippen molar-refractivity contribution in [1.82, 2.24) is 19.4 Å². The zero-order valence-corrected chi connectivity index (χ0v) is 11.4. The molecule has 0 amide bonds. The molecule has 1 atom stereocenters. The van der Waals surface area contributed by atoms with E-state index in [1.165, 1.54) is 5.69 Å². The standard InChI is InChI=1S/C14H22N4/c1-4-15-12(2)14-6-5-8-18(14)11-10-17-9-7-16-13(17)3/h5-9,12,15H,4,10-11H2,1-3H3. The summed E-state index contributed by atoms with van der Waals surface area (Å²) in [6, 6.07) is 4.70. The summed E-state index contributed by atoms with van der Waals surface area (Å²) in [5, 5.41) is 3.45. The number of aromatic nitrogens is 3. The maximum absolute atomic E-state index is 4.24. The average Bonchev–Trinajstić information content (AvgIpc) is 2.95. The lowest BCUT2D eigenvalue weighted by Gasteiger charge is -2.16. The van der Waals surface area contributed by atoms with Crippen molar-refractivity contribution in [2.45, 2.75) is 39.9 Å². The van der Waals surface area contributed by atoms with Crippen LogP contribution >= 0.6 is 0 Å². The molecule has 2 rings (SSSR count). The van der Waals surface area contributed by atoms with Crippen LogP contribution in [0.3, 0.4) is 0 Å². The molecule has 1 N–H and O–H groups in total. The van der Waals surface area contributed by atoms with Gasteiger partial charge in [0.15, 0.2) is 0 Å². The van der Waals surface area contributed by atoms with Gasteiger partial charge in [0.2, 0.25) is 0 Å². The fourth-order valence-corrected chi connectivity index (χ4v) is 2.29. The molecular weight excluding hydrogens is 224 g/mol. The molecule has 2 aromatic heterocycles. The molecule has 0 saturated carbocycles. The SMILES string of the molecule is CCNC(C)c1cccn1CCn1ccnc1C. The van der Waals surface area contributed by atoms with E-state index in [1.54, 1.807) is 0 Å². The van der Waals surface area contributed by atoms with Gasteiger partial charge in [-0.3, -0.25) is 0 Å². The minimum Gasteiger partial charge on any atom is -0.348 e. The second-order valence-electron chi connectivity index (χ2n) is 4.57. The van der Waals surface area contributed by atoms with Crippen molar-refractivity contribution in [3.63, 3.8) is 0 Å². The number of aryl methyl sites for hydroxylation is 3. The summed E-state index contributed by atoms with van der Waals surface area (Å²) in [5.74, 6) is 1.07. The molecule has 0 aliphatic rings. The lowest BCUT2D eigenvalue weighted by Crippen LogP contribution is -2.21. The Morgan fingerprint density at radius 1 is 1.28 bits per heavy atom. The quantitative estimate of drug-likeness (QED) is 0.849. The zero-order valence-electron chi connectivity index (χ0n) is 11.4. The first kappa shape index (κ1) is 12.9. The number of hydrogen-bond acceptors (Lipinski definition) is 2. The Labute approximate surface area is 109 Å². The summed E-state index contributed by atoms with van der Waals surface area (Å²) < 4.78 is 4.49. The van der Waals surface area contributed by atoms with Crippen LogP contribution in [-0.2, 0) is 13.1 Å². The largest absolute Gasteiger partial charge is 0.348 e. The molecule has 0 aromatic carbocycles. The Morgan fingerprint density at radius 3 is 2.72 bits per heavy atom. The van der Waals surface area contributed by atoms with Crippen molar-refractivity contribution in [3.05, 3.63) is 42.2 Å². The normalized spacial score (nSPS) is 12.8. The van der Waals surface area contributed by atoms with E-state index in [4.69, 9.17) is 0 Å². The van der Waals surface area contributed by atoms with Gasteiger partial charge in [0, 0.05) is 43.4 Å². The van der Waals surface area contributed by atoms with Crippen LogP contribution in [0.2, 0.25) is 0 Å². The monoisotopic (exact) mass is 246 g/mol. The molecule has 0 fully saturated rings. The Bertz CT molecular complexity index is 483. The number of nitrogens with one attached hydrogen (secondary N) is 1. The molecule has 0 radical (unpaired) electrons. The van der Waals surface area contributed by atoms with E-state index >= 15 is 0 Å². The number of hydrogen-bond donors (Lipinski definition) is 1. The molecule has 0 saturated heterocycles. The first-order valence-corrected chi connectivity index (χ1v) is 6.58. The number of nitrogens with zero attached hydrogens (tertiary/aromatic N) is 3. The fraction of sp³-hybridized carbons (Fsp3) is 0.500. The minimum atomic E-state index is 0.397. The maximum Gasteiger partial charge on any atom is 0.105 e. The molecule has 4 nitrogen and oxygen atoms in total. The molecule has 2 aromatic rings. The third-order valence-corrected chi connectivity index (χ3v) is 3.32. The third kappa shape index (κ3) is 2.82. The first-order chi connectivity index (χ1) is 8.72. The van der Waals surface area contributed by atoms with E-state index in [9.17, 15) is 0 Å². The molecule has 0 aliphatic heterocycles. The Morgan fingerprint density at radius 2 is 2.06 bits per heavy atom. The second-order valence-corrected chi connectivity index (χ2v) is 4.57. The molecule has 4 heteroatoms. The first-order valence-electron chi connectivity index (χ1n) is 6.58. The predicted molar refractivity (Wildman–Crippen MR) is 73.5 cm³/mol. The highest BCUT2D eigenvalue weighted by atomic mass is 15.1. The van der Waals surface area contributed by atoms with Crippen LogP contribution in [0.1, 0.15) is 31.4 Å². The van der Waals surface area contributed by atoms with Crippen LogP contribution in [0.15, 0.2) is 30.7 Å². The summed E-state index contributed by atoms with van der Waals surface area (Å²) in [4.78, 5) is 4.24. The summed E-state index contributed by atoms with van der Waals surface area (Å²) in [5.41, 5.74) is 1.34. The highest BCUT2D eigenvalue weighted by Gasteiger charge is 2.08. The smallest absolute Gasteiger partial charge is 0.105 e. The van der Waals surface area contributed by atoms with Gasteiger partial charge in [0.05, 0.1) is 0 Å². The van der Waals surface area contributed by atoms with Crippen molar-refractivity contribution in [2.24, 2.45) is 0 Å². The van der Waals surface area contributed by atoms with E-state index in [0.717, 1.165) is 25.5 Å². The van der Waals surface area contributed by atoms with Crippen LogP contribution in [-0.4, -0.2) is 20.7 Å². The Hall–Kier alpha value is -1.55. The van der Waals surface area contributed by atoms with E-state index < -0.39 is 0 Å². The van der Waals surface area contributed by atoms with Gasteiger partial charge in [0.1, 0.15) is 5.82 Å². The van der Waals surface area contributed by atoms with Crippen LogP contribution < -0.4 is 5.32 Å². The third-order valence-electron chi connectivity index (χ3n) is 3.32. The molecule has 0 bridgehead atoms. The van der Waals surface area contributed by atoms with Gasteiger partial charge >= 0.3 is 0 Å². The van der Waals surface area contributed by atoms with Crippen molar-refractivity contribution < 1.29 is 0 Å². The molecule has 2 heterocycles. The Balaban J connectivity index is 2.02. The van der Waals surface area contributed by atoms with Gasteiger partial charge in [-0.05, 0) is 32.5 Å². The maximum atomic E-state index is 4.24. The molecular formula is C14H22N4. The van der Waals surface area contributed by atoms with Gasteiger partial charge in [-0.25, -0.2) is 4.98 Å². The van der Waals surface area contributed by atoms with E-state index in [2.05, 4.69) is 51.6 Å². The average molecular weight is 246 g/mol. The molecule has 0 aliphatic carbocycles. The zero-order chi connectivity index (χ0) is 13.0. The predicted octanol–water partition coefficient (Wildman–Crippen LogP) is 2.36. The lowest BCUT2D eigenvalue weighted by atomic mass is 10.2.